The fraction of sp³-hybridized carbons (Fsp3) is 0.267. The van der Waals surface area contributed by atoms with Crippen LogP contribution in [-0.4, -0.2) is 24.5 Å². The smallest absolute Gasteiger partial charge is 0.260 e. The van der Waals surface area contributed by atoms with Gasteiger partial charge < -0.3 is 15.4 Å². The number of thiophene rings is 1. The van der Waals surface area contributed by atoms with E-state index in [2.05, 4.69) is 0 Å². The van der Waals surface area contributed by atoms with Crippen LogP contribution in [0.2, 0.25) is 0 Å². The van der Waals surface area contributed by atoms with Crippen molar-refractivity contribution in [1.82, 2.24) is 4.90 Å². The van der Waals surface area contributed by atoms with Crippen molar-refractivity contribution in [2.24, 2.45) is 0 Å². The number of nitrogens with zero attached hydrogens (tertiary/aromatic N) is 1. The van der Waals surface area contributed by atoms with Crippen molar-refractivity contribution < 1.29 is 9.53 Å². The van der Waals surface area contributed by atoms with Crippen LogP contribution < -0.4 is 10.5 Å². The van der Waals surface area contributed by atoms with Gasteiger partial charge in [0.1, 0.15) is 5.75 Å². The number of rotatable bonds is 5. The summed E-state index contributed by atoms with van der Waals surface area (Å²) in [4.78, 5) is 14.8. The summed E-state index contributed by atoms with van der Waals surface area (Å²) in [5, 5.41) is 2.00. The van der Waals surface area contributed by atoms with Crippen molar-refractivity contribution in [3.8, 4) is 5.75 Å². The lowest BCUT2D eigenvalue weighted by Gasteiger charge is -2.17. The molecule has 0 spiro atoms. The Morgan fingerprint density at radius 2 is 2.20 bits per heavy atom. The van der Waals surface area contributed by atoms with Crippen molar-refractivity contribution in [1.29, 1.82) is 0 Å². The molecule has 0 aliphatic carbocycles. The van der Waals surface area contributed by atoms with Gasteiger partial charge in [-0.25, -0.2) is 0 Å². The molecule has 5 heteroatoms. The van der Waals surface area contributed by atoms with E-state index in [9.17, 15) is 4.79 Å². The zero-order chi connectivity index (χ0) is 14.5. The second-order valence-corrected chi connectivity index (χ2v) is 5.68. The summed E-state index contributed by atoms with van der Waals surface area (Å²) in [6.45, 7) is 2.55. The highest BCUT2D eigenvalue weighted by Gasteiger charge is 2.11. The lowest BCUT2D eigenvalue weighted by molar-refractivity contribution is -0.132. The number of aryl methyl sites for hydroxylation is 1. The number of carbonyl (C=O) groups excluding carboxylic acids is 1. The van der Waals surface area contributed by atoms with Crippen LogP contribution >= 0.6 is 11.3 Å². The van der Waals surface area contributed by atoms with E-state index >= 15 is 0 Å². The minimum Gasteiger partial charge on any atom is -0.483 e. The summed E-state index contributed by atoms with van der Waals surface area (Å²) in [6.07, 6.45) is 0. The molecule has 0 atom stereocenters. The van der Waals surface area contributed by atoms with Crippen LogP contribution in [0.15, 0.2) is 35.7 Å². The summed E-state index contributed by atoms with van der Waals surface area (Å²) < 4.78 is 5.55. The van der Waals surface area contributed by atoms with Gasteiger partial charge in [-0.1, -0.05) is 6.07 Å². The number of nitrogens with two attached hydrogens (primary N) is 1. The second-order valence-electron chi connectivity index (χ2n) is 4.64. The first kappa shape index (κ1) is 14.4. The summed E-state index contributed by atoms with van der Waals surface area (Å²) in [7, 11) is 1.78. The summed E-state index contributed by atoms with van der Waals surface area (Å²) in [5.41, 5.74) is 7.30. The van der Waals surface area contributed by atoms with E-state index in [0.29, 0.717) is 18.0 Å². The van der Waals surface area contributed by atoms with Gasteiger partial charge in [-0.3, -0.25) is 4.79 Å². The molecule has 0 radical (unpaired) electrons. The average molecular weight is 290 g/mol. The van der Waals surface area contributed by atoms with Crippen LogP contribution in [0, 0.1) is 6.92 Å². The number of ether oxygens (including phenoxy) is 1. The van der Waals surface area contributed by atoms with E-state index in [1.807, 2.05) is 30.5 Å². The van der Waals surface area contributed by atoms with Gasteiger partial charge in [-0.2, -0.15) is 0 Å². The number of benzene rings is 1. The highest BCUT2D eigenvalue weighted by Crippen LogP contribution is 2.20. The Balaban J connectivity index is 1.88. The number of carbonyl (C=O) groups is 1. The third kappa shape index (κ3) is 3.74. The number of amides is 1. The van der Waals surface area contributed by atoms with Gasteiger partial charge in [0.2, 0.25) is 0 Å². The molecule has 0 aliphatic heterocycles. The first-order valence-electron chi connectivity index (χ1n) is 6.31. The summed E-state index contributed by atoms with van der Waals surface area (Å²) in [6, 6.07) is 9.38. The normalized spacial score (nSPS) is 10.3. The predicted octanol–water partition coefficient (Wildman–Crippen LogP) is 2.68. The molecule has 106 valence electrons. The number of nitrogen functional groups attached to an aromatic ring is 1. The van der Waals surface area contributed by atoms with Crippen molar-refractivity contribution in [2.75, 3.05) is 19.4 Å². The predicted molar refractivity (Wildman–Crippen MR) is 81.9 cm³/mol. The van der Waals surface area contributed by atoms with Crippen LogP contribution in [0.5, 0.6) is 5.75 Å². The largest absolute Gasteiger partial charge is 0.483 e. The molecule has 0 unspecified atom stereocenters. The monoisotopic (exact) mass is 290 g/mol. The molecule has 2 aromatic rings. The average Bonchev–Trinajstić information content (AvgIpc) is 2.90. The molecule has 20 heavy (non-hydrogen) atoms. The van der Waals surface area contributed by atoms with E-state index in [1.54, 1.807) is 35.4 Å². The molecule has 0 saturated heterocycles. The fourth-order valence-corrected chi connectivity index (χ4v) is 2.57. The van der Waals surface area contributed by atoms with E-state index < -0.39 is 0 Å². The van der Waals surface area contributed by atoms with Crippen LogP contribution in [0.1, 0.15) is 10.4 Å². The Kier molecular flexibility index (Phi) is 4.63. The molecule has 2 N–H and O–H groups in total. The lowest BCUT2D eigenvalue weighted by atomic mass is 10.2. The molecule has 1 aromatic heterocycles. The maximum atomic E-state index is 12.0. The molecule has 0 fully saturated rings. The first-order chi connectivity index (χ1) is 9.56. The zero-order valence-corrected chi connectivity index (χ0v) is 12.4. The van der Waals surface area contributed by atoms with Gasteiger partial charge in [-0.05, 0) is 42.1 Å². The molecule has 4 nitrogen and oxygen atoms in total. The van der Waals surface area contributed by atoms with Crippen LogP contribution in [0.25, 0.3) is 0 Å². The molecule has 0 aliphatic rings. The van der Waals surface area contributed by atoms with Crippen molar-refractivity contribution in [2.45, 2.75) is 13.5 Å². The molecule has 0 bridgehead atoms. The van der Waals surface area contributed by atoms with Crippen molar-refractivity contribution in [3.63, 3.8) is 0 Å². The number of hydrogen-bond acceptors (Lipinski definition) is 4. The van der Waals surface area contributed by atoms with Crippen LogP contribution in [0.4, 0.5) is 5.69 Å². The third-order valence-corrected chi connectivity index (χ3v) is 3.81. The molecule has 2 rings (SSSR count). The molecule has 1 heterocycles. The topological polar surface area (TPSA) is 55.6 Å². The quantitative estimate of drug-likeness (QED) is 0.861. The Morgan fingerprint density at radius 3 is 2.85 bits per heavy atom. The Bertz CT molecular complexity index is 582. The van der Waals surface area contributed by atoms with Crippen molar-refractivity contribution in [3.05, 3.63) is 46.2 Å². The number of hydrogen-bond donors (Lipinski definition) is 1. The second kappa shape index (κ2) is 6.43. The number of likely N-dealkylation sites (N-methyl/N-ethyl adjacent to an activating group) is 1. The molecular weight excluding hydrogens is 272 g/mol. The third-order valence-electron chi connectivity index (χ3n) is 2.95. The molecule has 0 saturated carbocycles. The Labute approximate surface area is 122 Å². The molecule has 1 amide bonds. The van der Waals surface area contributed by atoms with E-state index in [4.69, 9.17) is 10.5 Å². The van der Waals surface area contributed by atoms with E-state index in [0.717, 1.165) is 10.4 Å². The molecule has 1 aromatic carbocycles. The highest BCUT2D eigenvalue weighted by molar-refractivity contribution is 7.09. The number of anilines is 1. The summed E-state index contributed by atoms with van der Waals surface area (Å²) >= 11 is 1.64. The fourth-order valence-electron chi connectivity index (χ4n) is 1.81. The van der Waals surface area contributed by atoms with E-state index in [1.165, 1.54) is 0 Å². The van der Waals surface area contributed by atoms with Gasteiger partial charge in [0.05, 0.1) is 6.54 Å². The minimum atomic E-state index is -0.0466. The van der Waals surface area contributed by atoms with Gasteiger partial charge in [0.15, 0.2) is 6.61 Å². The van der Waals surface area contributed by atoms with Gasteiger partial charge in [0, 0.05) is 17.6 Å². The van der Waals surface area contributed by atoms with E-state index in [-0.39, 0.29) is 12.5 Å². The zero-order valence-electron chi connectivity index (χ0n) is 11.6. The Hall–Kier alpha value is -2.01. The highest BCUT2D eigenvalue weighted by atomic mass is 32.1. The SMILES string of the molecule is Cc1cc(N)ccc1OCC(=O)N(C)Cc1cccs1. The van der Waals surface area contributed by atoms with Crippen LogP contribution in [0.3, 0.4) is 0 Å². The standard InChI is InChI=1S/C15H18N2O2S/c1-11-8-12(16)5-6-14(11)19-10-15(18)17(2)9-13-4-3-7-20-13/h3-8H,9-10,16H2,1-2H3. The van der Waals surface area contributed by atoms with Gasteiger partial charge >= 0.3 is 0 Å². The first-order valence-corrected chi connectivity index (χ1v) is 7.19. The Morgan fingerprint density at radius 1 is 1.40 bits per heavy atom. The minimum absolute atomic E-state index is 0.0344. The van der Waals surface area contributed by atoms with Crippen molar-refractivity contribution >= 4 is 22.9 Å². The maximum absolute atomic E-state index is 12.0. The van der Waals surface area contributed by atoms with Gasteiger partial charge in [0.25, 0.3) is 5.91 Å². The van der Waals surface area contributed by atoms with Crippen LogP contribution in [-0.2, 0) is 11.3 Å². The molecular formula is C15H18N2O2S. The van der Waals surface area contributed by atoms with Gasteiger partial charge in [-0.15, -0.1) is 11.3 Å². The summed E-state index contributed by atoms with van der Waals surface area (Å²) in [5.74, 6) is 0.645. The maximum Gasteiger partial charge on any atom is 0.260 e. The lowest BCUT2D eigenvalue weighted by Crippen LogP contribution is -2.30.